The lowest BCUT2D eigenvalue weighted by Crippen LogP contribution is -2.74. The number of para-hydroxylation sites is 1. The number of carbonyl (C=O) groups excluding carboxylic acids is 1. The van der Waals surface area contributed by atoms with E-state index in [0.717, 1.165) is 11.3 Å². The number of rotatable bonds is 4. The molecule has 2 N–H and O–H groups in total. The number of anilines is 1. The third kappa shape index (κ3) is 3.14. The highest BCUT2D eigenvalue weighted by molar-refractivity contribution is 5.98. The summed E-state index contributed by atoms with van der Waals surface area (Å²) < 4.78 is 5.57. The first kappa shape index (κ1) is 13.5. The number of benzene rings is 2. The summed E-state index contributed by atoms with van der Waals surface area (Å²) in [4.78, 5) is 12.3. The van der Waals surface area contributed by atoms with Gasteiger partial charge in [0.2, 0.25) is 0 Å². The lowest BCUT2D eigenvalue weighted by molar-refractivity contribution is -0.569. The Morgan fingerprint density at radius 1 is 1.14 bits per heavy atom. The summed E-state index contributed by atoms with van der Waals surface area (Å²) in [5.74, 6) is -0.129. The number of aryl methyl sites for hydroxylation is 1. The number of carbonyl (C=O) groups is 1. The normalized spacial score (nSPS) is 20.4. The van der Waals surface area contributed by atoms with Gasteiger partial charge in [0.25, 0.3) is 12.1 Å². The number of hydrogen-bond acceptors (Lipinski definition) is 4. The largest absolute Gasteiger partial charge is 0.347 e. The van der Waals surface area contributed by atoms with Crippen LogP contribution in [0.3, 0.4) is 0 Å². The van der Waals surface area contributed by atoms with E-state index in [0.29, 0.717) is 5.56 Å². The average Bonchev–Trinajstić information content (AvgIpc) is 2.97. The van der Waals surface area contributed by atoms with E-state index in [4.69, 9.17) is 4.74 Å². The molecule has 0 aromatic heterocycles. The van der Waals surface area contributed by atoms with Crippen LogP contribution >= 0.6 is 0 Å². The summed E-state index contributed by atoms with van der Waals surface area (Å²) in [5, 5.41) is 9.89. The van der Waals surface area contributed by atoms with Crippen LogP contribution in [0.15, 0.2) is 59.7 Å². The van der Waals surface area contributed by atoms with Crippen LogP contribution in [0.4, 0.5) is 5.69 Å². The van der Waals surface area contributed by atoms with Crippen LogP contribution in [0.5, 0.6) is 0 Å². The van der Waals surface area contributed by atoms with Gasteiger partial charge in [0.15, 0.2) is 0 Å². The van der Waals surface area contributed by atoms with E-state index in [1.807, 2.05) is 49.4 Å². The number of hydrogen-bond donors (Lipinski definition) is 2. The molecule has 2 aromatic carbocycles. The predicted octanol–water partition coefficient (Wildman–Crippen LogP) is 1.46. The van der Waals surface area contributed by atoms with Crippen LogP contribution in [0.2, 0.25) is 0 Å². The first-order valence-corrected chi connectivity index (χ1v) is 6.76. The smallest absolute Gasteiger partial charge is 0.336 e. The van der Waals surface area contributed by atoms with Crippen molar-refractivity contribution in [3.63, 3.8) is 0 Å². The molecule has 0 radical (unpaired) electrons. The van der Waals surface area contributed by atoms with E-state index in [1.54, 1.807) is 12.1 Å². The number of ether oxygens (including phenoxy) is 1. The van der Waals surface area contributed by atoms with Crippen LogP contribution < -0.4 is 10.4 Å². The van der Waals surface area contributed by atoms with Crippen LogP contribution in [0.25, 0.3) is 0 Å². The highest BCUT2D eigenvalue weighted by Crippen LogP contribution is 2.12. The zero-order chi connectivity index (χ0) is 14.7. The minimum absolute atomic E-state index is 0.129. The maximum absolute atomic E-state index is 12.3. The molecule has 21 heavy (non-hydrogen) atoms. The third-order valence-corrected chi connectivity index (χ3v) is 3.21. The number of nitrogens with one attached hydrogen (secondary N) is 2. The number of ketones is 1. The number of azo groups is 1. The molecule has 1 heterocycles. The van der Waals surface area contributed by atoms with Crippen molar-refractivity contribution in [2.24, 2.45) is 5.11 Å². The summed E-state index contributed by atoms with van der Waals surface area (Å²) in [6, 6.07) is 17.0. The summed E-state index contributed by atoms with van der Waals surface area (Å²) in [6.07, 6.45) is -1.33. The van der Waals surface area contributed by atoms with Gasteiger partial charge >= 0.3 is 6.23 Å². The van der Waals surface area contributed by atoms with Crippen LogP contribution in [-0.4, -0.2) is 18.4 Å². The number of Topliss-reactive ketones (excluding diaryl/α,β-unsaturated/α-hetero) is 1. The molecule has 0 bridgehead atoms. The van der Waals surface area contributed by atoms with Gasteiger partial charge in [-0.05, 0) is 19.1 Å². The molecule has 0 fully saturated rings. The van der Waals surface area contributed by atoms with Crippen LogP contribution in [-0.2, 0) is 4.74 Å². The molecule has 0 aliphatic carbocycles. The van der Waals surface area contributed by atoms with Gasteiger partial charge in [-0.1, -0.05) is 48.0 Å². The maximum atomic E-state index is 12.3. The Hall–Kier alpha value is -2.53. The molecule has 5 nitrogen and oxygen atoms in total. The Morgan fingerprint density at radius 3 is 2.57 bits per heavy atom. The highest BCUT2D eigenvalue weighted by Gasteiger charge is 2.35. The molecule has 2 atom stereocenters. The fourth-order valence-corrected chi connectivity index (χ4v) is 2.06. The van der Waals surface area contributed by atoms with Crippen molar-refractivity contribution in [3.05, 3.63) is 65.7 Å². The highest BCUT2D eigenvalue weighted by atomic mass is 16.6. The Labute approximate surface area is 122 Å². The van der Waals surface area contributed by atoms with E-state index in [-0.39, 0.29) is 5.78 Å². The van der Waals surface area contributed by atoms with Gasteiger partial charge in [0, 0.05) is 16.4 Å². The van der Waals surface area contributed by atoms with Gasteiger partial charge in [-0.25, -0.2) is 0 Å². The molecule has 1 unspecified atom stereocenters. The molecule has 0 spiro atoms. The second-order valence-corrected chi connectivity index (χ2v) is 4.87. The number of nitrogens with zero attached hydrogens (tertiary/aromatic N) is 1. The molecular weight excluding hydrogens is 266 g/mol. The maximum Gasteiger partial charge on any atom is 0.347 e. The lowest BCUT2D eigenvalue weighted by Gasteiger charge is -2.09. The molecule has 0 saturated carbocycles. The molecular formula is C16H16N3O2+. The minimum atomic E-state index is -0.756. The van der Waals surface area contributed by atoms with E-state index in [9.17, 15) is 4.79 Å². The zero-order valence-electron chi connectivity index (χ0n) is 11.6. The van der Waals surface area contributed by atoms with Crippen molar-refractivity contribution in [2.45, 2.75) is 19.5 Å². The van der Waals surface area contributed by atoms with Crippen molar-refractivity contribution in [2.75, 3.05) is 5.32 Å². The Kier molecular flexibility index (Phi) is 3.75. The molecule has 2 aromatic rings. The fourth-order valence-electron chi connectivity index (χ4n) is 2.06. The van der Waals surface area contributed by atoms with Gasteiger partial charge < -0.3 is 5.32 Å². The quantitative estimate of drug-likeness (QED) is 0.835. The molecule has 1 aliphatic rings. The fraction of sp³-hybridized carbons (Fsp3) is 0.188. The Balaban J connectivity index is 1.63. The van der Waals surface area contributed by atoms with Crippen molar-refractivity contribution in [1.29, 1.82) is 0 Å². The summed E-state index contributed by atoms with van der Waals surface area (Å²) >= 11 is 0. The van der Waals surface area contributed by atoms with Crippen LogP contribution in [0, 0.1) is 6.92 Å². The van der Waals surface area contributed by atoms with Crippen molar-refractivity contribution >= 4 is 11.5 Å². The molecule has 0 amide bonds. The van der Waals surface area contributed by atoms with Crippen LogP contribution in [0.1, 0.15) is 15.9 Å². The summed E-state index contributed by atoms with van der Waals surface area (Å²) in [7, 11) is 0. The summed E-state index contributed by atoms with van der Waals surface area (Å²) in [6.45, 7) is 1.98. The SMILES string of the molecule is Cc1ccc(C(=O)[C@@H]2[NH+]=NC(Nc3ccccc3)O2)cc1. The van der Waals surface area contributed by atoms with Crippen molar-refractivity contribution in [3.8, 4) is 0 Å². The lowest BCUT2D eigenvalue weighted by atomic mass is 10.1. The second-order valence-electron chi connectivity index (χ2n) is 4.87. The van der Waals surface area contributed by atoms with Gasteiger partial charge in [-0.15, -0.1) is 5.11 Å². The predicted molar refractivity (Wildman–Crippen MR) is 77.6 cm³/mol. The first-order chi connectivity index (χ1) is 10.2. The summed E-state index contributed by atoms with van der Waals surface area (Å²) in [5.41, 5.74) is 2.60. The van der Waals surface area contributed by atoms with E-state index < -0.39 is 12.6 Å². The van der Waals surface area contributed by atoms with Crippen molar-refractivity contribution in [1.82, 2.24) is 0 Å². The molecule has 1 aliphatic heterocycles. The van der Waals surface area contributed by atoms with Crippen molar-refractivity contribution < 1.29 is 14.6 Å². The minimum Gasteiger partial charge on any atom is -0.336 e. The zero-order valence-corrected chi connectivity index (χ0v) is 11.6. The molecule has 0 saturated heterocycles. The average molecular weight is 282 g/mol. The third-order valence-electron chi connectivity index (χ3n) is 3.21. The topological polar surface area (TPSA) is 64.7 Å². The van der Waals surface area contributed by atoms with E-state index >= 15 is 0 Å². The van der Waals surface area contributed by atoms with E-state index in [2.05, 4.69) is 15.5 Å². The van der Waals surface area contributed by atoms with E-state index in [1.165, 1.54) is 0 Å². The Bertz CT molecular complexity index is 653. The molecule has 5 heteroatoms. The van der Waals surface area contributed by atoms with Gasteiger partial charge in [-0.2, -0.15) is 0 Å². The van der Waals surface area contributed by atoms with Gasteiger partial charge in [-0.3, -0.25) is 9.53 Å². The second kappa shape index (κ2) is 5.85. The first-order valence-electron chi connectivity index (χ1n) is 6.76. The standard InChI is InChI=1S/C16H15N3O2/c1-11-7-9-12(10-8-11)14(20)15-18-19-16(21-15)17-13-5-3-2-4-6-13/h2-10,15-17H,1H3/p+1/t15-,16?/m1/s1. The molecule has 106 valence electrons. The Morgan fingerprint density at radius 2 is 1.86 bits per heavy atom. The monoisotopic (exact) mass is 282 g/mol. The molecule has 3 rings (SSSR count). The van der Waals surface area contributed by atoms with Gasteiger partial charge in [0.1, 0.15) is 0 Å². The van der Waals surface area contributed by atoms with Gasteiger partial charge in [0.05, 0.1) is 0 Å².